The number of carbonyl (C=O) groups is 1. The van der Waals surface area contributed by atoms with Gasteiger partial charge in [-0.05, 0) is 58.4 Å². The molecule has 0 bridgehead atoms. The van der Waals surface area contributed by atoms with E-state index in [1.807, 2.05) is 0 Å². The normalized spacial score (nSPS) is 10.2. The number of nitrogens with zero attached hydrogens (tertiary/aromatic N) is 1. The molecule has 0 radical (unpaired) electrons. The van der Waals surface area contributed by atoms with E-state index in [0.29, 0.717) is 15.7 Å². The summed E-state index contributed by atoms with van der Waals surface area (Å²) in [5.74, 6) is -0.0793. The van der Waals surface area contributed by atoms with E-state index in [1.165, 1.54) is 23.1 Å². The maximum atomic E-state index is 12.2. The summed E-state index contributed by atoms with van der Waals surface area (Å²) in [6.07, 6.45) is 0. The van der Waals surface area contributed by atoms with Crippen LogP contribution in [0, 0.1) is 0 Å². The van der Waals surface area contributed by atoms with Gasteiger partial charge in [0.25, 0.3) is 5.91 Å². The first-order chi connectivity index (χ1) is 8.99. The van der Waals surface area contributed by atoms with Gasteiger partial charge >= 0.3 is 0 Å². The van der Waals surface area contributed by atoms with Crippen LogP contribution < -0.4 is 4.90 Å². The molecule has 0 saturated carbocycles. The Hall–Kier alpha value is -2.01. The zero-order valence-electron chi connectivity index (χ0n) is 10.2. The fourth-order valence-electron chi connectivity index (χ4n) is 1.63. The second-order valence-corrected chi connectivity index (χ2v) is 4.90. The second kappa shape index (κ2) is 5.32. The summed E-state index contributed by atoms with van der Waals surface area (Å²) in [7, 11) is 1.63. The second-order valence-electron chi connectivity index (χ2n) is 4.05. The van der Waals surface area contributed by atoms with Gasteiger partial charge in [-0.2, -0.15) is 0 Å². The van der Waals surface area contributed by atoms with Crippen LogP contribution in [0.5, 0.6) is 11.5 Å². The van der Waals surface area contributed by atoms with E-state index in [9.17, 15) is 15.0 Å². The fourth-order valence-corrected chi connectivity index (χ4v) is 1.88. The Balaban J connectivity index is 2.28. The highest BCUT2D eigenvalue weighted by molar-refractivity contribution is 9.10. The third-order valence-corrected chi connectivity index (χ3v) is 3.41. The van der Waals surface area contributed by atoms with Crippen LogP contribution in [0.2, 0.25) is 0 Å². The number of amides is 1. The zero-order chi connectivity index (χ0) is 14.0. The molecule has 19 heavy (non-hydrogen) atoms. The topological polar surface area (TPSA) is 60.8 Å². The number of phenols is 2. The summed E-state index contributed by atoms with van der Waals surface area (Å²) in [5.41, 5.74) is 1.04. The predicted molar refractivity (Wildman–Crippen MR) is 76.6 cm³/mol. The molecule has 0 aliphatic heterocycles. The molecule has 0 aliphatic rings. The van der Waals surface area contributed by atoms with Gasteiger partial charge in [-0.15, -0.1) is 0 Å². The number of benzene rings is 2. The Morgan fingerprint density at radius 2 is 1.74 bits per heavy atom. The number of carbonyl (C=O) groups excluding carboxylic acids is 1. The van der Waals surface area contributed by atoms with Crippen LogP contribution in [0.4, 0.5) is 5.69 Å². The van der Waals surface area contributed by atoms with Gasteiger partial charge in [0, 0.05) is 18.3 Å². The number of halogens is 1. The maximum absolute atomic E-state index is 12.2. The zero-order valence-corrected chi connectivity index (χ0v) is 11.8. The lowest BCUT2D eigenvalue weighted by Crippen LogP contribution is -2.26. The number of hydrogen-bond donors (Lipinski definition) is 2. The summed E-state index contributed by atoms with van der Waals surface area (Å²) in [4.78, 5) is 13.7. The lowest BCUT2D eigenvalue weighted by atomic mass is 10.2. The Labute approximate surface area is 119 Å². The van der Waals surface area contributed by atoms with Crippen molar-refractivity contribution in [2.45, 2.75) is 0 Å². The summed E-state index contributed by atoms with van der Waals surface area (Å²) in [6, 6.07) is 11.0. The van der Waals surface area contributed by atoms with E-state index in [1.54, 1.807) is 31.3 Å². The standard InChI is InChI=1S/C14H12BrNO3/c1-16(10-3-5-11(17)6-4-10)14(19)9-2-7-12(15)13(18)8-9/h2-8,17-18H,1H3. The average Bonchev–Trinajstić information content (AvgIpc) is 2.41. The maximum Gasteiger partial charge on any atom is 0.258 e. The van der Waals surface area contributed by atoms with E-state index in [-0.39, 0.29) is 17.4 Å². The first kappa shape index (κ1) is 13.4. The molecule has 2 aromatic rings. The van der Waals surface area contributed by atoms with Crippen LogP contribution in [0.3, 0.4) is 0 Å². The third-order valence-electron chi connectivity index (χ3n) is 2.73. The molecule has 0 fully saturated rings. The van der Waals surface area contributed by atoms with Crippen molar-refractivity contribution in [2.75, 3.05) is 11.9 Å². The van der Waals surface area contributed by atoms with E-state index >= 15 is 0 Å². The molecule has 2 aromatic carbocycles. The summed E-state index contributed by atoms with van der Waals surface area (Å²) >= 11 is 3.17. The smallest absolute Gasteiger partial charge is 0.258 e. The van der Waals surface area contributed by atoms with Gasteiger partial charge in [0.1, 0.15) is 11.5 Å². The minimum atomic E-state index is -0.242. The van der Waals surface area contributed by atoms with Gasteiger partial charge in [-0.25, -0.2) is 0 Å². The minimum absolute atomic E-state index is 0.0185. The van der Waals surface area contributed by atoms with E-state index in [0.717, 1.165) is 0 Å². The van der Waals surface area contributed by atoms with Crippen molar-refractivity contribution in [3.8, 4) is 11.5 Å². The van der Waals surface area contributed by atoms with Crippen molar-refractivity contribution < 1.29 is 15.0 Å². The molecule has 2 rings (SSSR count). The molecule has 4 nitrogen and oxygen atoms in total. The monoisotopic (exact) mass is 321 g/mol. The molecule has 5 heteroatoms. The molecular weight excluding hydrogens is 310 g/mol. The van der Waals surface area contributed by atoms with Crippen molar-refractivity contribution in [3.63, 3.8) is 0 Å². The van der Waals surface area contributed by atoms with E-state index in [2.05, 4.69) is 15.9 Å². The number of rotatable bonds is 2. The predicted octanol–water partition coefficient (Wildman–Crippen LogP) is 3.14. The number of phenolic OH excluding ortho intramolecular Hbond substituents is 2. The number of anilines is 1. The minimum Gasteiger partial charge on any atom is -0.508 e. The molecule has 0 atom stereocenters. The van der Waals surface area contributed by atoms with Gasteiger partial charge in [-0.3, -0.25) is 4.79 Å². The van der Waals surface area contributed by atoms with Crippen LogP contribution in [-0.4, -0.2) is 23.2 Å². The number of aromatic hydroxyl groups is 2. The molecule has 0 unspecified atom stereocenters. The van der Waals surface area contributed by atoms with Crippen molar-refractivity contribution >= 4 is 27.5 Å². The lowest BCUT2D eigenvalue weighted by Gasteiger charge is -2.17. The van der Waals surface area contributed by atoms with Crippen LogP contribution in [-0.2, 0) is 0 Å². The average molecular weight is 322 g/mol. The fraction of sp³-hybridized carbons (Fsp3) is 0.0714. The largest absolute Gasteiger partial charge is 0.508 e. The van der Waals surface area contributed by atoms with Crippen molar-refractivity contribution in [3.05, 3.63) is 52.5 Å². The van der Waals surface area contributed by atoms with Gasteiger partial charge < -0.3 is 15.1 Å². The molecule has 2 N–H and O–H groups in total. The third kappa shape index (κ3) is 2.88. The Morgan fingerprint density at radius 3 is 2.32 bits per heavy atom. The Bertz CT molecular complexity index is 611. The van der Waals surface area contributed by atoms with Crippen molar-refractivity contribution in [1.82, 2.24) is 0 Å². The molecule has 1 amide bonds. The molecule has 0 heterocycles. The van der Waals surface area contributed by atoms with Crippen LogP contribution >= 0.6 is 15.9 Å². The lowest BCUT2D eigenvalue weighted by molar-refractivity contribution is 0.0992. The summed E-state index contributed by atoms with van der Waals surface area (Å²) in [5, 5.41) is 18.8. The highest BCUT2D eigenvalue weighted by atomic mass is 79.9. The van der Waals surface area contributed by atoms with Crippen molar-refractivity contribution in [2.24, 2.45) is 0 Å². The van der Waals surface area contributed by atoms with Crippen LogP contribution in [0.1, 0.15) is 10.4 Å². The summed E-state index contributed by atoms with van der Waals surface area (Å²) < 4.78 is 0.538. The van der Waals surface area contributed by atoms with Crippen LogP contribution in [0.25, 0.3) is 0 Å². The SMILES string of the molecule is CN(C(=O)c1ccc(Br)c(O)c1)c1ccc(O)cc1. The molecule has 98 valence electrons. The first-order valence-electron chi connectivity index (χ1n) is 5.54. The molecule has 0 saturated heterocycles. The van der Waals surface area contributed by atoms with Gasteiger partial charge in [-0.1, -0.05) is 0 Å². The molecular formula is C14H12BrNO3. The van der Waals surface area contributed by atoms with Gasteiger partial charge in [0.2, 0.25) is 0 Å². The highest BCUT2D eigenvalue weighted by Gasteiger charge is 2.14. The summed E-state index contributed by atoms with van der Waals surface area (Å²) in [6.45, 7) is 0. The number of hydrogen-bond acceptors (Lipinski definition) is 3. The van der Waals surface area contributed by atoms with Crippen LogP contribution in [0.15, 0.2) is 46.9 Å². The van der Waals surface area contributed by atoms with E-state index in [4.69, 9.17) is 0 Å². The highest BCUT2D eigenvalue weighted by Crippen LogP contribution is 2.26. The Kier molecular flexibility index (Phi) is 3.76. The molecule has 0 aromatic heterocycles. The Morgan fingerprint density at radius 1 is 1.11 bits per heavy atom. The quantitative estimate of drug-likeness (QED) is 0.893. The molecule has 0 spiro atoms. The molecule has 0 aliphatic carbocycles. The van der Waals surface area contributed by atoms with Crippen molar-refractivity contribution in [1.29, 1.82) is 0 Å². The van der Waals surface area contributed by atoms with E-state index < -0.39 is 0 Å². The van der Waals surface area contributed by atoms with Gasteiger partial charge in [0.15, 0.2) is 0 Å². The first-order valence-corrected chi connectivity index (χ1v) is 6.34. The van der Waals surface area contributed by atoms with Gasteiger partial charge in [0.05, 0.1) is 4.47 Å².